The number of hydrogen-bond donors (Lipinski definition) is 4. The summed E-state index contributed by atoms with van der Waals surface area (Å²) in [6.45, 7) is 0.557. The molecule has 0 saturated heterocycles. The van der Waals surface area contributed by atoms with Crippen LogP contribution in [0.4, 0.5) is 0 Å². The van der Waals surface area contributed by atoms with Gasteiger partial charge in [0, 0.05) is 44.8 Å². The molecular weight excluding hydrogens is 535 g/mol. The molecule has 40 heavy (non-hydrogen) atoms. The normalized spacial score (nSPS) is 12.4. The van der Waals surface area contributed by atoms with Crippen LogP contribution in [-0.2, 0) is 11.2 Å². The Morgan fingerprint density at radius 3 is 1.95 bits per heavy atom. The Balaban J connectivity index is 0.000000186. The lowest BCUT2D eigenvalue weighted by atomic mass is 10.1. The number of aromatic nitrogens is 2. The van der Waals surface area contributed by atoms with E-state index in [0.717, 1.165) is 44.4 Å². The minimum Gasteiger partial charge on any atom is -0.351 e. The molecule has 0 bridgehead atoms. The van der Waals surface area contributed by atoms with Crippen LogP contribution in [-0.4, -0.2) is 40.3 Å². The molecule has 0 aliphatic rings. The van der Waals surface area contributed by atoms with E-state index in [1.54, 1.807) is 11.8 Å². The van der Waals surface area contributed by atoms with Gasteiger partial charge in [0.15, 0.2) is 0 Å². The van der Waals surface area contributed by atoms with Crippen LogP contribution in [0.25, 0.3) is 21.8 Å². The Bertz CT molecular complexity index is 1440. The monoisotopic (exact) mass is 569 g/mol. The number of amides is 1. The molecule has 8 heteroatoms. The van der Waals surface area contributed by atoms with Crippen molar-refractivity contribution in [1.29, 1.82) is 0 Å². The first-order chi connectivity index (χ1) is 19.6. The van der Waals surface area contributed by atoms with Gasteiger partial charge in [-0.05, 0) is 55.6 Å². The molecule has 0 fully saturated rings. The Morgan fingerprint density at radius 2 is 1.40 bits per heavy atom. The second kappa shape index (κ2) is 15.4. The summed E-state index contributed by atoms with van der Waals surface area (Å²) in [6, 6.07) is 30.2. The van der Waals surface area contributed by atoms with Gasteiger partial charge in [0.05, 0.1) is 17.1 Å². The molecule has 2 heterocycles. The van der Waals surface area contributed by atoms with Crippen molar-refractivity contribution in [2.45, 2.75) is 41.1 Å². The number of nitrogens with two attached hydrogens (primary N) is 2. The Kier molecular flexibility index (Phi) is 11.4. The average molecular weight is 570 g/mol. The third-order valence-corrected chi connectivity index (χ3v) is 7.67. The number of pyridine rings is 2. The van der Waals surface area contributed by atoms with Gasteiger partial charge in [-0.25, -0.2) is 0 Å². The quantitative estimate of drug-likeness (QED) is 0.162. The summed E-state index contributed by atoms with van der Waals surface area (Å²) in [5, 5.41) is 5.27. The van der Waals surface area contributed by atoms with Gasteiger partial charge in [-0.1, -0.05) is 78.5 Å². The fraction of sp³-hybridized carbons (Fsp3) is 0.219. The lowest BCUT2D eigenvalue weighted by molar-refractivity contribution is -0.123. The van der Waals surface area contributed by atoms with Crippen molar-refractivity contribution in [2.24, 2.45) is 11.5 Å². The Labute approximate surface area is 245 Å². The largest absolute Gasteiger partial charge is 0.351 e. The van der Waals surface area contributed by atoms with Crippen molar-refractivity contribution in [2.75, 3.05) is 12.3 Å². The molecular formula is C32H35N5OS2. The zero-order chi connectivity index (χ0) is 28.2. The van der Waals surface area contributed by atoms with Crippen LogP contribution in [0.5, 0.6) is 0 Å². The second-order valence-corrected chi connectivity index (χ2v) is 11.0. The summed E-state index contributed by atoms with van der Waals surface area (Å²) in [4.78, 5) is 23.2. The number of benzene rings is 3. The summed E-state index contributed by atoms with van der Waals surface area (Å²) in [5.74, 6) is 0.466. The zero-order valence-corrected chi connectivity index (χ0v) is 24.0. The number of rotatable bonds is 10. The fourth-order valence-corrected chi connectivity index (χ4v) is 5.26. The SMILES string of the molecule is NCCC[C@@H](N)C(=O)N[C@@H](CS)Cc1ccccc1.c1ccc2ncc(Sc3cnc4ccccc4c3)cc2c1. The maximum atomic E-state index is 11.9. The molecule has 3 aromatic carbocycles. The van der Waals surface area contributed by atoms with Crippen LogP contribution in [0.1, 0.15) is 18.4 Å². The molecule has 0 aliphatic heterocycles. The molecule has 0 unspecified atom stereocenters. The zero-order valence-electron chi connectivity index (χ0n) is 22.3. The highest BCUT2D eigenvalue weighted by atomic mass is 32.2. The maximum absolute atomic E-state index is 11.9. The fourth-order valence-electron chi connectivity index (χ4n) is 4.19. The summed E-state index contributed by atoms with van der Waals surface area (Å²) in [5.41, 5.74) is 14.4. The van der Waals surface area contributed by atoms with Crippen molar-refractivity contribution in [1.82, 2.24) is 15.3 Å². The van der Waals surface area contributed by atoms with Crippen LogP contribution in [0, 0.1) is 0 Å². The van der Waals surface area contributed by atoms with Gasteiger partial charge in [-0.15, -0.1) is 0 Å². The standard InChI is InChI=1S/C18H12N2S.C14H23N3OS/c1-3-7-17-13(5-1)9-15(11-19-17)21-16-10-14-6-2-4-8-18(14)20-12-16;15-8-4-7-13(16)14(18)17-12(10-19)9-11-5-2-1-3-6-11/h1-12H;1-3,5-6,12-13,19H,4,7-10,15-16H2,(H,17,18)/t;12-,13-/m.1/s1. The lowest BCUT2D eigenvalue weighted by Crippen LogP contribution is -2.47. The number of hydrogen-bond acceptors (Lipinski definition) is 7. The van der Waals surface area contributed by atoms with Gasteiger partial charge in [-0.3, -0.25) is 14.8 Å². The van der Waals surface area contributed by atoms with Crippen molar-refractivity contribution in [3.8, 4) is 0 Å². The highest BCUT2D eigenvalue weighted by Gasteiger charge is 2.17. The van der Waals surface area contributed by atoms with E-state index in [1.165, 1.54) is 5.56 Å². The van der Waals surface area contributed by atoms with Crippen LogP contribution in [0.3, 0.4) is 0 Å². The predicted octanol–water partition coefficient (Wildman–Crippen LogP) is 5.64. The molecule has 0 aliphatic carbocycles. The van der Waals surface area contributed by atoms with E-state index in [9.17, 15) is 4.79 Å². The molecule has 2 atom stereocenters. The van der Waals surface area contributed by atoms with E-state index < -0.39 is 6.04 Å². The topological polar surface area (TPSA) is 107 Å². The third-order valence-electron chi connectivity index (χ3n) is 6.31. The van der Waals surface area contributed by atoms with Crippen molar-refractivity contribution in [3.63, 3.8) is 0 Å². The van der Waals surface area contributed by atoms with E-state index in [1.807, 2.05) is 79.1 Å². The maximum Gasteiger partial charge on any atom is 0.237 e. The van der Waals surface area contributed by atoms with Gasteiger partial charge in [0.2, 0.25) is 5.91 Å². The average Bonchev–Trinajstić information content (AvgIpc) is 3.00. The van der Waals surface area contributed by atoms with E-state index >= 15 is 0 Å². The van der Waals surface area contributed by atoms with Crippen molar-refractivity contribution >= 4 is 52.1 Å². The molecule has 5 rings (SSSR count). The summed E-state index contributed by atoms with van der Waals surface area (Å²) in [7, 11) is 0. The van der Waals surface area contributed by atoms with E-state index in [-0.39, 0.29) is 11.9 Å². The Hall–Kier alpha value is -3.43. The minimum absolute atomic E-state index is 0.00200. The molecule has 0 saturated carbocycles. The summed E-state index contributed by atoms with van der Waals surface area (Å²) in [6.07, 6.45) is 5.98. The highest BCUT2D eigenvalue weighted by molar-refractivity contribution is 7.99. The molecule has 1 amide bonds. The number of nitrogens with one attached hydrogen (secondary N) is 1. The van der Waals surface area contributed by atoms with Gasteiger partial charge >= 0.3 is 0 Å². The minimum atomic E-state index is -0.485. The van der Waals surface area contributed by atoms with E-state index in [4.69, 9.17) is 11.5 Å². The van der Waals surface area contributed by atoms with Gasteiger partial charge in [-0.2, -0.15) is 12.6 Å². The van der Waals surface area contributed by atoms with Gasteiger partial charge < -0.3 is 16.8 Å². The smallest absolute Gasteiger partial charge is 0.237 e. The first kappa shape index (κ1) is 29.6. The van der Waals surface area contributed by atoms with Crippen LogP contribution < -0.4 is 16.8 Å². The molecule has 206 valence electrons. The number of fused-ring (bicyclic) bond motifs is 2. The van der Waals surface area contributed by atoms with Crippen LogP contribution >= 0.6 is 24.4 Å². The molecule has 0 spiro atoms. The number of nitrogens with zero attached hydrogens (tertiary/aromatic N) is 2. The third kappa shape index (κ3) is 8.79. The van der Waals surface area contributed by atoms with Crippen molar-refractivity contribution < 1.29 is 4.79 Å². The molecule has 0 radical (unpaired) electrons. The van der Waals surface area contributed by atoms with Gasteiger partial charge in [0.25, 0.3) is 0 Å². The first-order valence-corrected chi connectivity index (χ1v) is 14.8. The second-order valence-electron chi connectivity index (χ2n) is 9.44. The van der Waals surface area contributed by atoms with E-state index in [2.05, 4.69) is 52.2 Å². The lowest BCUT2D eigenvalue weighted by Gasteiger charge is -2.19. The molecule has 2 aromatic heterocycles. The van der Waals surface area contributed by atoms with Gasteiger partial charge in [0.1, 0.15) is 0 Å². The summed E-state index contributed by atoms with van der Waals surface area (Å²) >= 11 is 5.98. The number of carbonyl (C=O) groups excluding carboxylic acids is 1. The van der Waals surface area contributed by atoms with Crippen LogP contribution in [0.15, 0.2) is 113 Å². The summed E-state index contributed by atoms with van der Waals surface area (Å²) < 4.78 is 0. The number of thiol groups is 1. The van der Waals surface area contributed by atoms with Crippen molar-refractivity contribution in [3.05, 3.63) is 109 Å². The van der Waals surface area contributed by atoms with Crippen LogP contribution in [0.2, 0.25) is 0 Å². The molecule has 5 aromatic rings. The predicted molar refractivity (Wildman–Crippen MR) is 170 cm³/mol. The molecule has 6 nitrogen and oxygen atoms in total. The Morgan fingerprint density at radius 1 is 0.850 bits per heavy atom. The number of para-hydroxylation sites is 2. The number of carbonyl (C=O) groups is 1. The molecule has 5 N–H and O–H groups in total. The van der Waals surface area contributed by atoms with E-state index in [0.29, 0.717) is 18.7 Å². The first-order valence-electron chi connectivity index (χ1n) is 13.3. The highest BCUT2D eigenvalue weighted by Crippen LogP contribution is 2.30.